The molecule has 0 atom stereocenters. The Morgan fingerprint density at radius 3 is 2.57 bits per heavy atom. The number of pyridine rings is 1. The largest absolute Gasteiger partial charge is 0.454 e. The van der Waals surface area contributed by atoms with Crippen LogP contribution in [0.15, 0.2) is 42.5 Å². The molecular weight excluding hydrogens is 376 g/mol. The molecule has 0 aliphatic carbocycles. The zero-order chi connectivity index (χ0) is 20.5. The van der Waals surface area contributed by atoms with Crippen LogP contribution in [0.4, 0.5) is 23.2 Å². The summed E-state index contributed by atoms with van der Waals surface area (Å²) < 4.78 is 57.3. The Bertz CT molecular complexity index is 1050. The van der Waals surface area contributed by atoms with Crippen molar-refractivity contribution in [3.05, 3.63) is 70.7 Å². The van der Waals surface area contributed by atoms with E-state index in [-0.39, 0.29) is 24.3 Å². The van der Waals surface area contributed by atoms with E-state index in [1.807, 2.05) is 0 Å². The van der Waals surface area contributed by atoms with Crippen molar-refractivity contribution in [1.29, 1.82) is 0 Å². The van der Waals surface area contributed by atoms with Crippen LogP contribution in [-0.2, 0) is 18.0 Å². The number of aryl methyl sites for hydroxylation is 1. The SMILES string of the molecule is Cc1nc2cccc(F)c2c(N)c1COCc1cccc(C(=O)C(F)(F)F)c1. The fourth-order valence-electron chi connectivity index (χ4n) is 2.89. The molecule has 8 heteroatoms. The molecule has 0 fully saturated rings. The van der Waals surface area contributed by atoms with E-state index in [2.05, 4.69) is 4.98 Å². The maximum Gasteiger partial charge on any atom is 0.454 e. The summed E-state index contributed by atoms with van der Waals surface area (Å²) in [5.74, 6) is -2.41. The Morgan fingerprint density at radius 1 is 1.14 bits per heavy atom. The highest BCUT2D eigenvalue weighted by Crippen LogP contribution is 2.29. The molecular formula is C20H16F4N2O2. The van der Waals surface area contributed by atoms with E-state index in [9.17, 15) is 22.4 Å². The van der Waals surface area contributed by atoms with Crippen LogP contribution in [0.5, 0.6) is 0 Å². The lowest BCUT2D eigenvalue weighted by atomic mass is 10.1. The van der Waals surface area contributed by atoms with Crippen LogP contribution in [0.3, 0.4) is 0 Å². The molecule has 0 bridgehead atoms. The van der Waals surface area contributed by atoms with Gasteiger partial charge in [0, 0.05) is 16.8 Å². The summed E-state index contributed by atoms with van der Waals surface area (Å²) in [6.07, 6.45) is -4.94. The number of benzene rings is 2. The molecule has 28 heavy (non-hydrogen) atoms. The van der Waals surface area contributed by atoms with Gasteiger partial charge >= 0.3 is 6.18 Å². The number of halogens is 4. The summed E-state index contributed by atoms with van der Waals surface area (Å²) in [7, 11) is 0. The highest BCUT2D eigenvalue weighted by Gasteiger charge is 2.39. The number of carbonyl (C=O) groups excluding carboxylic acids is 1. The molecule has 2 aromatic carbocycles. The number of alkyl halides is 3. The van der Waals surface area contributed by atoms with E-state index >= 15 is 0 Å². The fraction of sp³-hybridized carbons (Fsp3) is 0.200. The number of nitrogens with zero attached hydrogens (tertiary/aromatic N) is 1. The zero-order valence-corrected chi connectivity index (χ0v) is 14.8. The molecule has 0 spiro atoms. The van der Waals surface area contributed by atoms with Gasteiger partial charge in [0.1, 0.15) is 5.82 Å². The standard InChI is InChI=1S/C20H16F4N2O2/c1-11-14(18(25)17-15(21)6-3-7-16(17)26-11)10-28-9-12-4-2-5-13(8-12)19(27)20(22,23)24/h2-8H,9-10H2,1H3,(H2,25,26). The number of hydrogen-bond acceptors (Lipinski definition) is 4. The minimum atomic E-state index is -4.94. The highest BCUT2D eigenvalue weighted by atomic mass is 19.4. The molecule has 1 heterocycles. The van der Waals surface area contributed by atoms with Crippen LogP contribution in [0.2, 0.25) is 0 Å². The van der Waals surface area contributed by atoms with Gasteiger partial charge in [0.05, 0.1) is 29.8 Å². The molecule has 3 rings (SSSR count). The van der Waals surface area contributed by atoms with Crippen LogP contribution >= 0.6 is 0 Å². The van der Waals surface area contributed by atoms with Crippen molar-refractivity contribution in [1.82, 2.24) is 4.98 Å². The summed E-state index contributed by atoms with van der Waals surface area (Å²) in [6, 6.07) is 9.59. The summed E-state index contributed by atoms with van der Waals surface area (Å²) >= 11 is 0. The smallest absolute Gasteiger partial charge is 0.398 e. The minimum Gasteiger partial charge on any atom is -0.398 e. The lowest BCUT2D eigenvalue weighted by molar-refractivity contribution is -0.0885. The molecule has 1 aromatic heterocycles. The van der Waals surface area contributed by atoms with E-state index in [1.54, 1.807) is 19.1 Å². The average Bonchev–Trinajstić information content (AvgIpc) is 2.63. The third kappa shape index (κ3) is 3.96. The number of fused-ring (bicyclic) bond motifs is 1. The van der Waals surface area contributed by atoms with Gasteiger partial charge in [-0.25, -0.2) is 4.39 Å². The van der Waals surface area contributed by atoms with Crippen molar-refractivity contribution >= 4 is 22.4 Å². The lowest BCUT2D eigenvalue weighted by Gasteiger charge is -2.13. The Balaban J connectivity index is 1.77. The number of carbonyl (C=O) groups is 1. The molecule has 0 amide bonds. The predicted octanol–water partition coefficient (Wildman–Crippen LogP) is 4.73. The lowest BCUT2D eigenvalue weighted by Crippen LogP contribution is -2.22. The highest BCUT2D eigenvalue weighted by molar-refractivity contribution is 6.00. The van der Waals surface area contributed by atoms with Gasteiger partial charge in [0.2, 0.25) is 0 Å². The van der Waals surface area contributed by atoms with Crippen molar-refractivity contribution in [2.75, 3.05) is 5.73 Å². The molecule has 0 unspecified atom stereocenters. The number of ether oxygens (including phenoxy) is 1. The third-order valence-electron chi connectivity index (χ3n) is 4.27. The van der Waals surface area contributed by atoms with Gasteiger partial charge in [-0.1, -0.05) is 24.3 Å². The number of nitrogen functional groups attached to an aromatic ring is 1. The van der Waals surface area contributed by atoms with E-state index in [1.165, 1.54) is 18.2 Å². The van der Waals surface area contributed by atoms with Gasteiger partial charge in [0.15, 0.2) is 0 Å². The predicted molar refractivity (Wildman–Crippen MR) is 96.2 cm³/mol. The number of anilines is 1. The molecule has 146 valence electrons. The van der Waals surface area contributed by atoms with Crippen molar-refractivity contribution in [3.63, 3.8) is 0 Å². The average molecular weight is 392 g/mol. The molecule has 0 aliphatic rings. The first-order valence-electron chi connectivity index (χ1n) is 8.30. The van der Waals surface area contributed by atoms with E-state index in [4.69, 9.17) is 10.5 Å². The van der Waals surface area contributed by atoms with Crippen molar-refractivity contribution in [2.24, 2.45) is 0 Å². The first-order chi connectivity index (χ1) is 13.2. The molecule has 4 nitrogen and oxygen atoms in total. The topological polar surface area (TPSA) is 65.2 Å². The van der Waals surface area contributed by atoms with Gasteiger partial charge in [-0.05, 0) is 30.7 Å². The quantitative estimate of drug-likeness (QED) is 0.504. The van der Waals surface area contributed by atoms with Crippen LogP contribution in [-0.4, -0.2) is 16.9 Å². The monoisotopic (exact) mass is 392 g/mol. The number of aromatic nitrogens is 1. The second-order valence-corrected chi connectivity index (χ2v) is 6.24. The maximum absolute atomic E-state index is 14.1. The Morgan fingerprint density at radius 2 is 1.86 bits per heavy atom. The van der Waals surface area contributed by atoms with Gasteiger partial charge in [-0.15, -0.1) is 0 Å². The second-order valence-electron chi connectivity index (χ2n) is 6.24. The number of nitrogens with two attached hydrogens (primary N) is 1. The first-order valence-corrected chi connectivity index (χ1v) is 8.30. The summed E-state index contributed by atoms with van der Waals surface area (Å²) in [4.78, 5) is 15.7. The van der Waals surface area contributed by atoms with Crippen LogP contribution in [0.25, 0.3) is 10.9 Å². The zero-order valence-electron chi connectivity index (χ0n) is 14.8. The van der Waals surface area contributed by atoms with Crippen molar-refractivity contribution in [3.8, 4) is 0 Å². The Labute approximate surface area is 157 Å². The molecule has 0 saturated heterocycles. The van der Waals surface area contributed by atoms with Crippen molar-refractivity contribution < 1.29 is 27.1 Å². The number of rotatable bonds is 5. The normalized spacial score (nSPS) is 11.8. The van der Waals surface area contributed by atoms with Crippen LogP contribution in [0.1, 0.15) is 27.2 Å². The first kappa shape index (κ1) is 19.8. The molecule has 0 aliphatic heterocycles. The van der Waals surface area contributed by atoms with E-state index < -0.39 is 23.3 Å². The second kappa shape index (κ2) is 7.55. The summed E-state index contributed by atoms with van der Waals surface area (Å²) in [5.41, 5.74) is 7.72. The summed E-state index contributed by atoms with van der Waals surface area (Å²) in [6.45, 7) is 1.65. The number of Topliss-reactive ketones (excluding diaryl/α,β-unsaturated/α-hetero) is 1. The molecule has 0 radical (unpaired) electrons. The number of hydrogen-bond donors (Lipinski definition) is 1. The van der Waals surface area contributed by atoms with Gasteiger partial charge in [-0.2, -0.15) is 13.2 Å². The van der Waals surface area contributed by atoms with Gasteiger partial charge in [-0.3, -0.25) is 9.78 Å². The maximum atomic E-state index is 14.1. The van der Waals surface area contributed by atoms with Gasteiger partial charge < -0.3 is 10.5 Å². The fourth-order valence-corrected chi connectivity index (χ4v) is 2.89. The molecule has 2 N–H and O–H groups in total. The summed E-state index contributed by atoms with van der Waals surface area (Å²) in [5, 5.41) is 0.199. The van der Waals surface area contributed by atoms with Crippen LogP contribution in [0, 0.1) is 12.7 Å². The Kier molecular flexibility index (Phi) is 5.33. The third-order valence-corrected chi connectivity index (χ3v) is 4.27. The molecule has 3 aromatic rings. The molecule has 0 saturated carbocycles. The van der Waals surface area contributed by atoms with E-state index in [0.29, 0.717) is 22.3 Å². The minimum absolute atomic E-state index is 0.00755. The van der Waals surface area contributed by atoms with Gasteiger partial charge in [0.25, 0.3) is 5.78 Å². The Hall–Kier alpha value is -3.00. The van der Waals surface area contributed by atoms with Crippen LogP contribution < -0.4 is 5.73 Å². The number of ketones is 1. The van der Waals surface area contributed by atoms with Crippen molar-refractivity contribution in [2.45, 2.75) is 26.3 Å². The van der Waals surface area contributed by atoms with E-state index in [0.717, 1.165) is 12.1 Å².